The lowest BCUT2D eigenvalue weighted by molar-refractivity contribution is -0.269. The molecule has 0 fully saturated rings. The van der Waals surface area contributed by atoms with E-state index in [9.17, 15) is 36.3 Å². The van der Waals surface area contributed by atoms with Crippen LogP contribution in [0.25, 0.3) is 5.70 Å². The summed E-state index contributed by atoms with van der Waals surface area (Å²) in [5, 5.41) is 12.0. The smallest absolute Gasteiger partial charge is 0.355 e. The van der Waals surface area contributed by atoms with Gasteiger partial charge in [-0.05, 0) is 49.2 Å². The first-order chi connectivity index (χ1) is 16.8. The molecule has 0 saturated heterocycles. The van der Waals surface area contributed by atoms with Crippen molar-refractivity contribution in [2.24, 2.45) is 4.99 Å². The maximum atomic E-state index is 14.1. The van der Waals surface area contributed by atoms with Crippen LogP contribution in [0, 0.1) is 6.92 Å². The summed E-state index contributed by atoms with van der Waals surface area (Å²) in [4.78, 5) is 20.5. The highest BCUT2D eigenvalue weighted by atomic mass is 19.4. The normalized spacial score (nSPS) is 18.5. The number of carbonyl (C=O) groups is 1. The first kappa shape index (κ1) is 27.0. The Balaban J connectivity index is 1.99. The van der Waals surface area contributed by atoms with E-state index in [-0.39, 0.29) is 29.5 Å². The van der Waals surface area contributed by atoms with Gasteiger partial charge in [-0.2, -0.15) is 26.3 Å². The second-order valence-electron chi connectivity index (χ2n) is 7.83. The molecule has 4 N–H and O–H groups in total. The van der Waals surface area contributed by atoms with Gasteiger partial charge < -0.3 is 5.32 Å². The largest absolute Gasteiger partial charge is 0.428 e. The van der Waals surface area contributed by atoms with Gasteiger partial charge in [0.05, 0.1) is 11.3 Å². The van der Waals surface area contributed by atoms with Gasteiger partial charge >= 0.3 is 12.4 Å². The molecule has 0 saturated carbocycles. The third kappa shape index (κ3) is 5.46. The van der Waals surface area contributed by atoms with E-state index in [1.54, 1.807) is 13.8 Å². The lowest BCUT2D eigenvalue weighted by atomic mass is 9.90. The van der Waals surface area contributed by atoms with Crippen LogP contribution in [0.2, 0.25) is 0 Å². The average molecular weight is 516 g/mol. The second-order valence-corrected chi connectivity index (χ2v) is 7.83. The van der Waals surface area contributed by atoms with Crippen LogP contribution in [-0.4, -0.2) is 36.2 Å². The van der Waals surface area contributed by atoms with Crippen molar-refractivity contribution in [2.75, 3.05) is 13.1 Å². The number of rotatable bonds is 6. The van der Waals surface area contributed by atoms with Crippen molar-refractivity contribution in [1.29, 1.82) is 0 Å². The summed E-state index contributed by atoms with van der Waals surface area (Å²) < 4.78 is 81.8. The van der Waals surface area contributed by atoms with Gasteiger partial charge in [0.15, 0.2) is 5.84 Å². The molecule has 0 aromatic heterocycles. The molecule has 0 spiro atoms. The second kappa shape index (κ2) is 10.2. The summed E-state index contributed by atoms with van der Waals surface area (Å²) in [5.74, 6) is -0.418. The minimum atomic E-state index is -5.10. The number of hydrogen-bond acceptors (Lipinski definition) is 5. The molecule has 1 unspecified atom stereocenters. The molecule has 1 atom stereocenters. The molecule has 2 aromatic rings. The number of alkyl halides is 6. The van der Waals surface area contributed by atoms with Gasteiger partial charge in [-0.1, -0.05) is 24.3 Å². The summed E-state index contributed by atoms with van der Waals surface area (Å²) >= 11 is 0. The number of aryl methyl sites for hydroxylation is 1. The number of hydrogen-bond donors (Lipinski definition) is 4. The molecule has 2 aromatic carbocycles. The standard InChI is InChI=1S/C23H22F6N4O3/c1-3-30-19(34)12-31-20(32-35)17-8-7-14(9-13(17)2)18-11-21(36-33-18,23(27,28)29)15-5-4-6-16(10-15)22(24,25)26/h4-11,33,35H,3,12H2,1-2H3,(H,30,34)(H,31,32). The molecule has 0 aliphatic carbocycles. The molecular weight excluding hydrogens is 494 g/mol. The Morgan fingerprint density at radius 1 is 1.14 bits per heavy atom. The van der Waals surface area contributed by atoms with E-state index in [2.05, 4.69) is 15.8 Å². The molecule has 1 aliphatic rings. The van der Waals surface area contributed by atoms with E-state index in [1.165, 1.54) is 18.2 Å². The van der Waals surface area contributed by atoms with Crippen LogP contribution in [0.3, 0.4) is 0 Å². The van der Waals surface area contributed by atoms with E-state index in [1.807, 2.05) is 5.48 Å². The van der Waals surface area contributed by atoms with Crippen LogP contribution < -0.4 is 16.3 Å². The molecule has 194 valence electrons. The van der Waals surface area contributed by atoms with Crippen molar-refractivity contribution in [2.45, 2.75) is 31.8 Å². The topological polar surface area (TPSA) is 95.0 Å². The zero-order valence-corrected chi connectivity index (χ0v) is 19.0. The highest BCUT2D eigenvalue weighted by molar-refractivity contribution is 6.00. The van der Waals surface area contributed by atoms with Gasteiger partial charge in [-0.3, -0.25) is 30.8 Å². The summed E-state index contributed by atoms with van der Waals surface area (Å²) in [6.07, 6.45) is -9.27. The minimum Gasteiger partial charge on any atom is -0.355 e. The lowest BCUT2D eigenvalue weighted by Gasteiger charge is -2.29. The molecular formula is C23H22F6N4O3. The van der Waals surface area contributed by atoms with E-state index in [0.29, 0.717) is 35.9 Å². The Morgan fingerprint density at radius 3 is 2.44 bits per heavy atom. The first-order valence-corrected chi connectivity index (χ1v) is 10.6. The first-order valence-electron chi connectivity index (χ1n) is 10.6. The van der Waals surface area contributed by atoms with Gasteiger partial charge in [-0.15, -0.1) is 0 Å². The van der Waals surface area contributed by atoms with E-state index in [0.717, 1.165) is 12.1 Å². The van der Waals surface area contributed by atoms with Crippen LogP contribution in [0.5, 0.6) is 0 Å². The maximum absolute atomic E-state index is 14.1. The number of nitrogens with one attached hydrogen (secondary N) is 3. The number of likely N-dealkylation sites (N-methyl/N-ethyl adjacent to an activating group) is 1. The third-order valence-electron chi connectivity index (χ3n) is 5.36. The Hall–Kier alpha value is -3.58. The molecule has 1 heterocycles. The van der Waals surface area contributed by atoms with E-state index >= 15 is 0 Å². The number of hydroxylamine groups is 2. The van der Waals surface area contributed by atoms with Gasteiger partial charge in [0.25, 0.3) is 0 Å². The van der Waals surface area contributed by atoms with Crippen molar-refractivity contribution in [3.63, 3.8) is 0 Å². The van der Waals surface area contributed by atoms with Gasteiger partial charge in [0.1, 0.15) is 6.54 Å². The fourth-order valence-corrected chi connectivity index (χ4v) is 3.59. The number of amidine groups is 1. The molecule has 7 nitrogen and oxygen atoms in total. The van der Waals surface area contributed by atoms with Crippen molar-refractivity contribution < 1.29 is 41.2 Å². The fraction of sp³-hybridized carbons (Fsp3) is 0.304. The summed E-state index contributed by atoms with van der Waals surface area (Å²) in [5.41, 5.74) is -0.143. The van der Waals surface area contributed by atoms with Crippen LogP contribution in [-0.2, 0) is 21.4 Å². The van der Waals surface area contributed by atoms with Crippen LogP contribution >= 0.6 is 0 Å². The highest BCUT2D eigenvalue weighted by Gasteiger charge is 2.59. The lowest BCUT2D eigenvalue weighted by Crippen LogP contribution is -2.42. The van der Waals surface area contributed by atoms with Crippen molar-refractivity contribution in [3.8, 4) is 0 Å². The monoisotopic (exact) mass is 516 g/mol. The molecule has 36 heavy (non-hydrogen) atoms. The zero-order valence-electron chi connectivity index (χ0n) is 19.0. The van der Waals surface area contributed by atoms with Crippen LogP contribution in [0.1, 0.15) is 34.7 Å². The molecule has 0 radical (unpaired) electrons. The minimum absolute atomic E-state index is 0.0384. The zero-order chi connectivity index (χ0) is 26.7. The third-order valence-corrected chi connectivity index (χ3v) is 5.36. The fourth-order valence-electron chi connectivity index (χ4n) is 3.59. The Labute approximate surface area is 201 Å². The Kier molecular flexibility index (Phi) is 7.65. The van der Waals surface area contributed by atoms with Crippen molar-refractivity contribution >= 4 is 17.4 Å². The maximum Gasteiger partial charge on any atom is 0.428 e. The van der Waals surface area contributed by atoms with Crippen molar-refractivity contribution in [3.05, 3.63) is 76.4 Å². The molecule has 0 bridgehead atoms. The van der Waals surface area contributed by atoms with E-state index in [4.69, 9.17) is 4.84 Å². The van der Waals surface area contributed by atoms with Crippen LogP contribution in [0.15, 0.2) is 53.5 Å². The quantitative estimate of drug-likeness (QED) is 0.200. The Morgan fingerprint density at radius 2 is 1.86 bits per heavy atom. The highest BCUT2D eigenvalue weighted by Crippen LogP contribution is 2.48. The Bertz CT molecular complexity index is 1190. The molecule has 13 heteroatoms. The van der Waals surface area contributed by atoms with Gasteiger partial charge in [0, 0.05) is 17.7 Å². The molecule has 3 rings (SSSR count). The number of aliphatic imine (C=N–C) groups is 1. The SMILES string of the molecule is CCNC(=O)CN=C(NO)c1ccc(C2=CC(c3cccc(C(F)(F)F)c3)(C(F)(F)F)ON2)cc1C. The number of carbonyl (C=O) groups excluding carboxylic acids is 1. The van der Waals surface area contributed by atoms with Crippen molar-refractivity contribution in [1.82, 2.24) is 16.3 Å². The number of benzene rings is 2. The summed E-state index contributed by atoms with van der Waals surface area (Å²) in [6, 6.07) is 7.17. The predicted octanol–water partition coefficient (Wildman–Crippen LogP) is 4.21. The number of amides is 1. The molecule has 1 aliphatic heterocycles. The average Bonchev–Trinajstić information content (AvgIpc) is 3.27. The van der Waals surface area contributed by atoms with E-state index < -0.39 is 29.1 Å². The number of halogens is 6. The molecule has 1 amide bonds. The number of nitrogens with zero attached hydrogens (tertiary/aromatic N) is 1. The predicted molar refractivity (Wildman–Crippen MR) is 118 cm³/mol. The summed E-state index contributed by atoms with van der Waals surface area (Å²) in [6.45, 7) is 3.45. The van der Waals surface area contributed by atoms with Gasteiger partial charge in [-0.25, -0.2) is 0 Å². The van der Waals surface area contributed by atoms with Gasteiger partial charge in [0.2, 0.25) is 11.5 Å². The van der Waals surface area contributed by atoms with Crippen LogP contribution in [0.4, 0.5) is 26.3 Å². The summed E-state index contributed by atoms with van der Waals surface area (Å²) in [7, 11) is 0.